The molecule has 0 radical (unpaired) electrons. The Morgan fingerprint density at radius 2 is 1.76 bits per heavy atom. The molecule has 6 nitrogen and oxygen atoms in total. The summed E-state index contributed by atoms with van der Waals surface area (Å²) in [6.45, 7) is 0. The molecule has 1 aliphatic heterocycles. The van der Waals surface area contributed by atoms with E-state index in [9.17, 15) is 4.79 Å². The molecule has 1 amide bonds. The van der Waals surface area contributed by atoms with Crippen molar-refractivity contribution in [1.82, 2.24) is 5.01 Å². The van der Waals surface area contributed by atoms with Crippen molar-refractivity contribution in [3.63, 3.8) is 0 Å². The second-order valence-corrected chi connectivity index (χ2v) is 8.22. The van der Waals surface area contributed by atoms with E-state index >= 15 is 0 Å². The molecule has 3 aromatic rings. The summed E-state index contributed by atoms with van der Waals surface area (Å²) in [7, 11) is 4.74. The summed E-state index contributed by atoms with van der Waals surface area (Å²) < 4.78 is 16.5. The van der Waals surface area contributed by atoms with Crippen LogP contribution in [0.4, 0.5) is 0 Å². The zero-order valence-corrected chi connectivity index (χ0v) is 17.9. The van der Waals surface area contributed by atoms with E-state index in [1.807, 2.05) is 47.2 Å². The van der Waals surface area contributed by atoms with E-state index in [-0.39, 0.29) is 11.9 Å². The molecule has 1 aromatic carbocycles. The van der Waals surface area contributed by atoms with Crippen molar-refractivity contribution < 1.29 is 19.0 Å². The van der Waals surface area contributed by atoms with Crippen LogP contribution in [0.5, 0.6) is 17.2 Å². The highest BCUT2D eigenvalue weighted by molar-refractivity contribution is 7.12. The fraction of sp³-hybridized carbons (Fsp3) is 0.238. The van der Waals surface area contributed by atoms with Gasteiger partial charge in [-0.2, -0.15) is 5.10 Å². The zero-order chi connectivity index (χ0) is 20.4. The quantitative estimate of drug-likeness (QED) is 0.564. The largest absolute Gasteiger partial charge is 0.493 e. The number of hydrogen-bond donors (Lipinski definition) is 0. The van der Waals surface area contributed by atoms with Gasteiger partial charge in [0.15, 0.2) is 11.5 Å². The Hall–Kier alpha value is -2.84. The lowest BCUT2D eigenvalue weighted by Gasteiger charge is -2.19. The molecule has 1 atom stereocenters. The molecule has 0 spiro atoms. The van der Waals surface area contributed by atoms with Gasteiger partial charge in [-0.05, 0) is 35.0 Å². The molecule has 0 bridgehead atoms. The first-order chi connectivity index (χ1) is 14.2. The molecule has 8 heteroatoms. The van der Waals surface area contributed by atoms with Crippen molar-refractivity contribution in [2.24, 2.45) is 5.10 Å². The summed E-state index contributed by atoms with van der Waals surface area (Å²) >= 11 is 3.03. The third kappa shape index (κ3) is 3.49. The average Bonchev–Trinajstić information content (AvgIpc) is 3.52. The lowest BCUT2D eigenvalue weighted by atomic mass is 10.0. The number of carbonyl (C=O) groups excluding carboxylic acids is 1. The van der Waals surface area contributed by atoms with Crippen LogP contribution in [0.2, 0.25) is 0 Å². The van der Waals surface area contributed by atoms with Gasteiger partial charge in [0.1, 0.15) is 0 Å². The van der Waals surface area contributed by atoms with Gasteiger partial charge in [0, 0.05) is 16.9 Å². The Bertz CT molecular complexity index is 1030. The summed E-state index contributed by atoms with van der Waals surface area (Å²) in [4.78, 5) is 14.9. The minimum Gasteiger partial charge on any atom is -0.493 e. The number of benzene rings is 1. The van der Waals surface area contributed by atoms with Crippen LogP contribution in [0, 0.1) is 0 Å². The molecule has 29 heavy (non-hydrogen) atoms. The maximum Gasteiger partial charge on any atom is 0.284 e. The first-order valence-electron chi connectivity index (χ1n) is 8.95. The normalized spacial score (nSPS) is 15.9. The summed E-state index contributed by atoms with van der Waals surface area (Å²) in [5, 5.41) is 10.2. The fourth-order valence-corrected chi connectivity index (χ4v) is 4.87. The standard InChI is InChI=1S/C21H20N2O4S2/c1-25-16-9-8-13(19(26-2)20(16)27-3)14-12-15(17-6-4-10-28-17)23(22-14)21(24)18-7-5-11-29-18/h4-11,15H,12H2,1-3H3/t15-/m0/s1. The second-order valence-electron chi connectivity index (χ2n) is 6.29. The Kier molecular flexibility index (Phi) is 5.55. The fourth-order valence-electron chi connectivity index (χ4n) is 3.40. The number of hydrazone groups is 1. The van der Waals surface area contributed by atoms with Gasteiger partial charge in [-0.25, -0.2) is 5.01 Å². The van der Waals surface area contributed by atoms with E-state index in [0.717, 1.165) is 16.2 Å². The minimum atomic E-state index is -0.155. The molecule has 0 fully saturated rings. The van der Waals surface area contributed by atoms with Crippen molar-refractivity contribution in [3.8, 4) is 17.2 Å². The maximum absolute atomic E-state index is 13.1. The third-order valence-corrected chi connectivity index (χ3v) is 6.57. The lowest BCUT2D eigenvalue weighted by Crippen LogP contribution is -2.25. The minimum absolute atomic E-state index is 0.104. The lowest BCUT2D eigenvalue weighted by molar-refractivity contribution is 0.0719. The maximum atomic E-state index is 13.1. The van der Waals surface area contributed by atoms with Crippen molar-refractivity contribution in [3.05, 3.63) is 62.5 Å². The van der Waals surface area contributed by atoms with E-state index < -0.39 is 0 Å². The molecule has 3 heterocycles. The summed E-state index contributed by atoms with van der Waals surface area (Å²) in [6.07, 6.45) is 0.587. The number of ether oxygens (including phenoxy) is 3. The van der Waals surface area contributed by atoms with Gasteiger partial charge in [0.2, 0.25) is 5.75 Å². The van der Waals surface area contributed by atoms with Gasteiger partial charge in [-0.3, -0.25) is 4.79 Å². The van der Waals surface area contributed by atoms with Gasteiger partial charge in [-0.1, -0.05) is 12.1 Å². The molecule has 0 unspecified atom stereocenters. The molecule has 0 saturated carbocycles. The van der Waals surface area contributed by atoms with Crippen LogP contribution in [-0.2, 0) is 0 Å². The monoisotopic (exact) mass is 428 g/mol. The summed E-state index contributed by atoms with van der Waals surface area (Å²) in [6, 6.07) is 11.3. The zero-order valence-electron chi connectivity index (χ0n) is 16.2. The SMILES string of the molecule is COc1ccc(C2=NN(C(=O)c3cccs3)[C@H](c3cccs3)C2)c(OC)c1OC. The molecule has 2 aromatic heterocycles. The predicted molar refractivity (Wildman–Crippen MR) is 115 cm³/mol. The Labute approximate surface area is 177 Å². The van der Waals surface area contributed by atoms with Crippen LogP contribution in [0.1, 0.15) is 32.6 Å². The number of thiophene rings is 2. The van der Waals surface area contributed by atoms with Crippen LogP contribution in [0.15, 0.2) is 52.3 Å². The first kappa shape index (κ1) is 19.5. The number of hydrogen-bond acceptors (Lipinski definition) is 7. The Balaban J connectivity index is 1.78. The van der Waals surface area contributed by atoms with E-state index in [2.05, 4.69) is 0 Å². The van der Waals surface area contributed by atoms with Crippen LogP contribution in [0.25, 0.3) is 0 Å². The van der Waals surface area contributed by atoms with E-state index in [1.54, 1.807) is 37.7 Å². The van der Waals surface area contributed by atoms with E-state index in [1.165, 1.54) is 11.3 Å². The molecular formula is C21H20N2O4S2. The van der Waals surface area contributed by atoms with Gasteiger partial charge in [0.05, 0.1) is 38.0 Å². The van der Waals surface area contributed by atoms with Crippen LogP contribution in [0.3, 0.4) is 0 Å². The highest BCUT2D eigenvalue weighted by Gasteiger charge is 2.36. The molecule has 1 aliphatic rings. The molecule has 150 valence electrons. The smallest absolute Gasteiger partial charge is 0.284 e. The topological polar surface area (TPSA) is 60.4 Å². The number of nitrogens with zero attached hydrogens (tertiary/aromatic N) is 2. The number of carbonyl (C=O) groups is 1. The van der Waals surface area contributed by atoms with Gasteiger partial charge < -0.3 is 14.2 Å². The van der Waals surface area contributed by atoms with Crippen LogP contribution < -0.4 is 14.2 Å². The van der Waals surface area contributed by atoms with Gasteiger partial charge in [-0.15, -0.1) is 22.7 Å². The molecule has 0 N–H and O–H groups in total. The highest BCUT2D eigenvalue weighted by Crippen LogP contribution is 2.43. The van der Waals surface area contributed by atoms with Gasteiger partial charge >= 0.3 is 0 Å². The van der Waals surface area contributed by atoms with Crippen molar-refractivity contribution in [2.75, 3.05) is 21.3 Å². The van der Waals surface area contributed by atoms with Gasteiger partial charge in [0.25, 0.3) is 5.91 Å². The average molecular weight is 429 g/mol. The molecule has 0 aliphatic carbocycles. The second kappa shape index (κ2) is 8.26. The third-order valence-electron chi connectivity index (χ3n) is 4.74. The van der Waals surface area contributed by atoms with Crippen molar-refractivity contribution in [2.45, 2.75) is 12.5 Å². The molecule has 0 saturated heterocycles. The predicted octanol–water partition coefficient (Wildman–Crippen LogP) is 4.83. The Morgan fingerprint density at radius 1 is 1.00 bits per heavy atom. The molecular weight excluding hydrogens is 408 g/mol. The first-order valence-corrected chi connectivity index (χ1v) is 10.7. The summed E-state index contributed by atoms with van der Waals surface area (Å²) in [5.74, 6) is 1.52. The van der Waals surface area contributed by atoms with Crippen LogP contribution >= 0.6 is 22.7 Å². The van der Waals surface area contributed by atoms with Crippen LogP contribution in [-0.4, -0.2) is 38.0 Å². The Morgan fingerprint density at radius 3 is 2.38 bits per heavy atom. The van der Waals surface area contributed by atoms with Crippen molar-refractivity contribution >= 4 is 34.3 Å². The summed E-state index contributed by atoms with van der Waals surface area (Å²) in [5.41, 5.74) is 1.55. The highest BCUT2D eigenvalue weighted by atomic mass is 32.1. The number of methoxy groups -OCH3 is 3. The number of rotatable bonds is 6. The number of amides is 1. The van der Waals surface area contributed by atoms with E-state index in [0.29, 0.717) is 28.5 Å². The molecule has 4 rings (SSSR count). The van der Waals surface area contributed by atoms with Crippen molar-refractivity contribution in [1.29, 1.82) is 0 Å². The van der Waals surface area contributed by atoms with E-state index in [4.69, 9.17) is 19.3 Å².